The maximum atomic E-state index is 12.5. The molecule has 0 amide bonds. The Morgan fingerprint density at radius 1 is 1.27 bits per heavy atom. The fourth-order valence-electron chi connectivity index (χ4n) is 5.55. The topological polar surface area (TPSA) is 60.8 Å². The summed E-state index contributed by atoms with van der Waals surface area (Å²) in [6, 6.07) is 5.51. The van der Waals surface area contributed by atoms with E-state index in [1.54, 1.807) is 6.07 Å². The van der Waals surface area contributed by atoms with Crippen molar-refractivity contribution in [1.82, 2.24) is 4.90 Å². The number of phenols is 1. The summed E-state index contributed by atoms with van der Waals surface area (Å²) in [5.41, 5.74) is 0.629. The second kappa shape index (κ2) is 6.35. The number of hydrogen-bond donors (Lipinski definition) is 2. The molecule has 0 aromatic heterocycles. The van der Waals surface area contributed by atoms with Crippen LogP contribution in [-0.4, -0.2) is 45.6 Å². The van der Waals surface area contributed by atoms with Gasteiger partial charge in [0.2, 0.25) is 0 Å². The Kier molecular flexibility index (Phi) is 4.39. The molecule has 1 aromatic carbocycles. The number of piperidine rings is 1. The van der Waals surface area contributed by atoms with E-state index in [2.05, 4.69) is 18.7 Å². The molecule has 1 unspecified atom stereocenters. The molecule has 3 atom stereocenters. The molecule has 1 saturated heterocycles. The number of fused-ring (bicyclic) bond motifs is 1. The summed E-state index contributed by atoms with van der Waals surface area (Å²) < 4.78 is 0. The average molecular weight is 357 g/mol. The van der Waals surface area contributed by atoms with Gasteiger partial charge in [0, 0.05) is 30.8 Å². The van der Waals surface area contributed by atoms with Crippen molar-refractivity contribution in [1.29, 1.82) is 0 Å². The van der Waals surface area contributed by atoms with Crippen LogP contribution in [0.4, 0.5) is 0 Å². The number of ketones is 1. The number of aromatic hydroxyl groups is 1. The summed E-state index contributed by atoms with van der Waals surface area (Å²) in [4.78, 5) is 15.0. The third-order valence-electron chi connectivity index (χ3n) is 7.36. The Labute approximate surface area is 156 Å². The summed E-state index contributed by atoms with van der Waals surface area (Å²) >= 11 is 0. The first-order valence-electron chi connectivity index (χ1n) is 10.2. The van der Waals surface area contributed by atoms with E-state index in [0.717, 1.165) is 43.0 Å². The van der Waals surface area contributed by atoms with Crippen LogP contribution in [0, 0.1) is 5.92 Å². The van der Waals surface area contributed by atoms with Gasteiger partial charge in [0.1, 0.15) is 11.5 Å². The van der Waals surface area contributed by atoms with E-state index in [1.807, 2.05) is 12.1 Å². The van der Waals surface area contributed by atoms with Crippen LogP contribution in [-0.2, 0) is 16.6 Å². The molecule has 1 heterocycles. The SMILES string of the molecule is CCc1ccc(O)cc1[C@]12CCN(CC3CC3)C(C)[C@]1(O)CCC(=O)C2. The highest BCUT2D eigenvalue weighted by Crippen LogP contribution is 2.54. The number of carbonyl (C=O) groups is 1. The molecule has 0 bridgehead atoms. The Balaban J connectivity index is 1.80. The van der Waals surface area contributed by atoms with Crippen LogP contribution in [0.15, 0.2) is 18.2 Å². The predicted molar refractivity (Wildman–Crippen MR) is 101 cm³/mol. The molecule has 1 aliphatic heterocycles. The first-order valence-corrected chi connectivity index (χ1v) is 10.2. The normalized spacial score (nSPS) is 35.3. The summed E-state index contributed by atoms with van der Waals surface area (Å²) in [7, 11) is 0. The van der Waals surface area contributed by atoms with Crippen LogP contribution in [0.5, 0.6) is 5.75 Å². The van der Waals surface area contributed by atoms with Crippen molar-refractivity contribution in [2.24, 2.45) is 5.92 Å². The number of Topliss-reactive ketones (excluding diaryl/α,β-unsaturated/α-hetero) is 1. The number of nitrogens with zero attached hydrogens (tertiary/aromatic N) is 1. The van der Waals surface area contributed by atoms with Crippen LogP contribution in [0.3, 0.4) is 0 Å². The highest BCUT2D eigenvalue weighted by Gasteiger charge is 2.61. The highest BCUT2D eigenvalue weighted by molar-refractivity contribution is 5.82. The fraction of sp³-hybridized carbons (Fsp3) is 0.682. The van der Waals surface area contributed by atoms with Gasteiger partial charge in [0.05, 0.1) is 5.60 Å². The number of rotatable bonds is 4. The van der Waals surface area contributed by atoms with Crippen LogP contribution >= 0.6 is 0 Å². The maximum Gasteiger partial charge on any atom is 0.134 e. The quantitative estimate of drug-likeness (QED) is 0.869. The Bertz CT molecular complexity index is 713. The molecule has 2 saturated carbocycles. The minimum absolute atomic E-state index is 0.0250. The lowest BCUT2D eigenvalue weighted by molar-refractivity contribution is -0.164. The number of aliphatic hydroxyl groups is 1. The van der Waals surface area contributed by atoms with Gasteiger partial charge >= 0.3 is 0 Å². The van der Waals surface area contributed by atoms with E-state index in [-0.39, 0.29) is 17.6 Å². The van der Waals surface area contributed by atoms with E-state index in [4.69, 9.17) is 0 Å². The van der Waals surface area contributed by atoms with Gasteiger partial charge in [0.15, 0.2) is 0 Å². The second-order valence-electron chi connectivity index (χ2n) is 8.78. The van der Waals surface area contributed by atoms with Gasteiger partial charge in [-0.3, -0.25) is 9.69 Å². The van der Waals surface area contributed by atoms with Crippen LogP contribution in [0.2, 0.25) is 0 Å². The van der Waals surface area contributed by atoms with E-state index in [1.165, 1.54) is 12.8 Å². The summed E-state index contributed by atoms with van der Waals surface area (Å²) in [6.45, 7) is 6.21. The first kappa shape index (κ1) is 18.0. The molecule has 3 aliphatic rings. The minimum atomic E-state index is -0.925. The number of likely N-dealkylation sites (tertiary alicyclic amines) is 1. The number of aryl methyl sites for hydroxylation is 1. The van der Waals surface area contributed by atoms with Crippen molar-refractivity contribution in [2.75, 3.05) is 13.1 Å². The monoisotopic (exact) mass is 357 g/mol. The standard InChI is InChI=1S/C22H31NO3/c1-3-17-6-7-18(24)12-20(17)21-10-11-23(14-16-4-5-16)15(2)22(21,26)9-8-19(25)13-21/h6-7,12,15-16,24,26H,3-5,8-11,13-14H2,1-2H3/t15?,21-,22-/m1/s1. The van der Waals surface area contributed by atoms with Gasteiger partial charge in [0.25, 0.3) is 0 Å². The molecule has 2 N–H and O–H groups in total. The number of carbonyl (C=O) groups excluding carboxylic acids is 1. The molecule has 142 valence electrons. The van der Waals surface area contributed by atoms with E-state index in [0.29, 0.717) is 19.3 Å². The summed E-state index contributed by atoms with van der Waals surface area (Å²) in [5, 5.41) is 22.2. The van der Waals surface area contributed by atoms with Gasteiger partial charge in [-0.25, -0.2) is 0 Å². The zero-order chi connectivity index (χ0) is 18.5. The van der Waals surface area contributed by atoms with Gasteiger partial charge in [-0.15, -0.1) is 0 Å². The van der Waals surface area contributed by atoms with Crippen LogP contribution < -0.4 is 0 Å². The third-order valence-corrected chi connectivity index (χ3v) is 7.36. The lowest BCUT2D eigenvalue weighted by Gasteiger charge is -2.60. The molecule has 26 heavy (non-hydrogen) atoms. The summed E-state index contributed by atoms with van der Waals surface area (Å²) in [6.07, 6.45) is 5.59. The largest absolute Gasteiger partial charge is 0.508 e. The molecule has 2 aliphatic carbocycles. The number of phenolic OH excluding ortho intramolecular Hbond substituents is 1. The van der Waals surface area contributed by atoms with Crippen LogP contribution in [0.25, 0.3) is 0 Å². The van der Waals surface area contributed by atoms with Crippen molar-refractivity contribution < 1.29 is 15.0 Å². The minimum Gasteiger partial charge on any atom is -0.508 e. The van der Waals surface area contributed by atoms with E-state index >= 15 is 0 Å². The highest BCUT2D eigenvalue weighted by atomic mass is 16.3. The number of hydrogen-bond acceptors (Lipinski definition) is 4. The fourth-order valence-corrected chi connectivity index (χ4v) is 5.55. The molecule has 3 fully saturated rings. The second-order valence-corrected chi connectivity index (χ2v) is 8.78. The molecule has 4 rings (SSSR count). The average Bonchev–Trinajstić information content (AvgIpc) is 3.44. The molecule has 0 spiro atoms. The van der Waals surface area contributed by atoms with Crippen molar-refractivity contribution in [3.05, 3.63) is 29.3 Å². The van der Waals surface area contributed by atoms with Crippen molar-refractivity contribution in [3.8, 4) is 5.75 Å². The first-order chi connectivity index (χ1) is 12.4. The van der Waals surface area contributed by atoms with E-state index in [9.17, 15) is 15.0 Å². The number of benzene rings is 1. The zero-order valence-electron chi connectivity index (χ0n) is 16.0. The maximum absolute atomic E-state index is 12.5. The Morgan fingerprint density at radius 2 is 2.04 bits per heavy atom. The van der Waals surface area contributed by atoms with Gasteiger partial charge in [-0.2, -0.15) is 0 Å². The van der Waals surface area contributed by atoms with Crippen molar-refractivity contribution in [3.63, 3.8) is 0 Å². The Morgan fingerprint density at radius 3 is 2.73 bits per heavy atom. The molecule has 1 aromatic rings. The molecule has 4 heteroatoms. The van der Waals surface area contributed by atoms with E-state index < -0.39 is 11.0 Å². The molecule has 0 radical (unpaired) electrons. The van der Waals surface area contributed by atoms with Crippen molar-refractivity contribution in [2.45, 2.75) is 75.9 Å². The lowest BCUT2D eigenvalue weighted by Crippen LogP contribution is -2.70. The molecular weight excluding hydrogens is 326 g/mol. The Hall–Kier alpha value is -1.39. The smallest absolute Gasteiger partial charge is 0.134 e. The summed E-state index contributed by atoms with van der Waals surface area (Å²) in [5.74, 6) is 1.24. The van der Waals surface area contributed by atoms with Gasteiger partial charge in [-0.1, -0.05) is 13.0 Å². The molecule has 4 nitrogen and oxygen atoms in total. The van der Waals surface area contributed by atoms with Gasteiger partial charge in [-0.05, 0) is 74.8 Å². The molecular formula is C22H31NO3. The van der Waals surface area contributed by atoms with Gasteiger partial charge < -0.3 is 10.2 Å². The predicted octanol–water partition coefficient (Wildman–Crippen LogP) is 3.18. The zero-order valence-corrected chi connectivity index (χ0v) is 16.0. The van der Waals surface area contributed by atoms with Crippen LogP contribution in [0.1, 0.15) is 63.5 Å². The lowest BCUT2D eigenvalue weighted by atomic mass is 9.53. The van der Waals surface area contributed by atoms with Crippen molar-refractivity contribution >= 4 is 5.78 Å². The third kappa shape index (κ3) is 2.69.